The van der Waals surface area contributed by atoms with E-state index in [1.807, 2.05) is 6.92 Å². The number of carbonyl (C=O) groups is 2. The lowest BCUT2D eigenvalue weighted by atomic mass is 10.1. The standard InChI is InChI=1S/C27H28Cl3N3O4S/c1-4-31-27(35)19(3)32(16-20-10-13-24(29)25(30)14-20)26(34)17-33(22-7-5-6-21(28)15-22)38(36,37)23-11-8-18(2)9-12-23/h5-15,19H,4,16-17H2,1-3H3,(H,31,35)/t19-/m1/s1. The van der Waals surface area contributed by atoms with Crippen LogP contribution >= 0.6 is 34.8 Å². The Labute approximate surface area is 238 Å². The van der Waals surface area contributed by atoms with E-state index in [0.29, 0.717) is 27.2 Å². The van der Waals surface area contributed by atoms with Crippen LogP contribution in [-0.2, 0) is 26.2 Å². The molecule has 0 heterocycles. The number of nitrogens with one attached hydrogen (secondary N) is 1. The maximum atomic E-state index is 13.8. The van der Waals surface area contributed by atoms with Crippen LogP contribution in [0.25, 0.3) is 0 Å². The fraction of sp³-hybridized carbons (Fsp3) is 0.259. The maximum absolute atomic E-state index is 13.8. The summed E-state index contributed by atoms with van der Waals surface area (Å²) in [6, 6.07) is 16.6. The third kappa shape index (κ3) is 7.20. The molecule has 7 nitrogen and oxygen atoms in total. The summed E-state index contributed by atoms with van der Waals surface area (Å²) in [7, 11) is -4.17. The Balaban J connectivity index is 2.04. The fourth-order valence-electron chi connectivity index (χ4n) is 3.74. The third-order valence-electron chi connectivity index (χ3n) is 5.84. The lowest BCUT2D eigenvalue weighted by Crippen LogP contribution is -2.51. The van der Waals surface area contributed by atoms with Gasteiger partial charge in [0.2, 0.25) is 11.8 Å². The second kappa shape index (κ2) is 12.8. The molecule has 38 heavy (non-hydrogen) atoms. The molecule has 2 amide bonds. The van der Waals surface area contributed by atoms with Gasteiger partial charge in [-0.2, -0.15) is 0 Å². The Kier molecular flexibility index (Phi) is 10.1. The van der Waals surface area contributed by atoms with Crippen molar-refractivity contribution in [1.82, 2.24) is 10.2 Å². The minimum atomic E-state index is -4.17. The monoisotopic (exact) mass is 595 g/mol. The molecule has 3 rings (SSSR count). The first-order chi connectivity index (χ1) is 17.9. The molecular weight excluding hydrogens is 569 g/mol. The number of halogens is 3. The molecule has 0 aromatic heterocycles. The van der Waals surface area contributed by atoms with Crippen molar-refractivity contribution in [1.29, 1.82) is 0 Å². The molecule has 1 N–H and O–H groups in total. The number of hydrogen-bond acceptors (Lipinski definition) is 4. The van der Waals surface area contributed by atoms with Crippen molar-refractivity contribution in [3.63, 3.8) is 0 Å². The number of rotatable bonds is 10. The average molecular weight is 597 g/mol. The van der Waals surface area contributed by atoms with E-state index in [1.54, 1.807) is 62.4 Å². The highest BCUT2D eigenvalue weighted by molar-refractivity contribution is 7.92. The van der Waals surface area contributed by atoms with Crippen LogP contribution in [0.3, 0.4) is 0 Å². The molecule has 0 radical (unpaired) electrons. The van der Waals surface area contributed by atoms with Gasteiger partial charge in [-0.05, 0) is 68.8 Å². The minimum Gasteiger partial charge on any atom is -0.355 e. The van der Waals surface area contributed by atoms with Gasteiger partial charge in [0.05, 0.1) is 20.6 Å². The van der Waals surface area contributed by atoms with Gasteiger partial charge >= 0.3 is 0 Å². The molecule has 0 saturated carbocycles. The zero-order valence-electron chi connectivity index (χ0n) is 21.1. The van der Waals surface area contributed by atoms with Gasteiger partial charge in [-0.1, -0.05) is 64.6 Å². The molecular formula is C27H28Cl3N3O4S. The van der Waals surface area contributed by atoms with E-state index < -0.39 is 28.5 Å². The average Bonchev–Trinajstić information content (AvgIpc) is 2.87. The van der Waals surface area contributed by atoms with Gasteiger partial charge in [-0.3, -0.25) is 13.9 Å². The third-order valence-corrected chi connectivity index (χ3v) is 8.60. The van der Waals surface area contributed by atoms with Crippen LogP contribution in [-0.4, -0.2) is 44.3 Å². The molecule has 3 aromatic carbocycles. The quantitative estimate of drug-likeness (QED) is 0.325. The van der Waals surface area contributed by atoms with Gasteiger partial charge in [0, 0.05) is 18.1 Å². The van der Waals surface area contributed by atoms with Crippen LogP contribution < -0.4 is 9.62 Å². The van der Waals surface area contributed by atoms with Crippen LogP contribution in [0.4, 0.5) is 5.69 Å². The summed E-state index contributed by atoms with van der Waals surface area (Å²) in [6.45, 7) is 5.00. The van der Waals surface area contributed by atoms with Crippen molar-refractivity contribution in [3.8, 4) is 0 Å². The number of benzene rings is 3. The second-order valence-electron chi connectivity index (χ2n) is 8.65. The van der Waals surface area contributed by atoms with Crippen LogP contribution in [0.5, 0.6) is 0 Å². The lowest BCUT2D eigenvalue weighted by Gasteiger charge is -2.32. The summed E-state index contributed by atoms with van der Waals surface area (Å²) in [4.78, 5) is 27.9. The van der Waals surface area contributed by atoms with Gasteiger partial charge in [0.25, 0.3) is 10.0 Å². The van der Waals surface area contributed by atoms with E-state index in [0.717, 1.165) is 9.87 Å². The number of anilines is 1. The van der Waals surface area contributed by atoms with Crippen LogP contribution in [0.2, 0.25) is 15.1 Å². The molecule has 0 saturated heterocycles. The number of nitrogens with zero attached hydrogens (tertiary/aromatic N) is 2. The van der Waals surface area contributed by atoms with Gasteiger partial charge in [0.15, 0.2) is 0 Å². The summed E-state index contributed by atoms with van der Waals surface area (Å²) in [5.74, 6) is -0.970. The predicted octanol–water partition coefficient (Wildman–Crippen LogP) is 5.70. The van der Waals surface area contributed by atoms with E-state index in [4.69, 9.17) is 34.8 Å². The molecule has 0 fully saturated rings. The zero-order valence-corrected chi connectivity index (χ0v) is 24.2. The van der Waals surface area contributed by atoms with Crippen LogP contribution in [0, 0.1) is 6.92 Å². The number of aryl methyl sites for hydroxylation is 1. The summed E-state index contributed by atoms with van der Waals surface area (Å²) >= 11 is 18.4. The Hall–Kier alpha value is -2.78. The molecule has 3 aromatic rings. The Bertz CT molecular complexity index is 1420. The van der Waals surface area contributed by atoms with Gasteiger partial charge in [-0.25, -0.2) is 8.42 Å². The highest BCUT2D eigenvalue weighted by Gasteiger charge is 2.32. The van der Waals surface area contributed by atoms with Crippen molar-refractivity contribution < 1.29 is 18.0 Å². The summed E-state index contributed by atoms with van der Waals surface area (Å²) in [5.41, 5.74) is 1.73. The zero-order chi connectivity index (χ0) is 28.0. The first kappa shape index (κ1) is 29.8. The van der Waals surface area contributed by atoms with Crippen molar-refractivity contribution in [2.45, 2.75) is 38.3 Å². The van der Waals surface area contributed by atoms with Gasteiger partial charge in [-0.15, -0.1) is 0 Å². The fourth-order valence-corrected chi connectivity index (χ4v) is 5.65. The number of likely N-dealkylation sites (N-methyl/N-ethyl adjacent to an activating group) is 1. The molecule has 0 spiro atoms. The highest BCUT2D eigenvalue weighted by Crippen LogP contribution is 2.28. The van der Waals surface area contributed by atoms with E-state index in [9.17, 15) is 18.0 Å². The SMILES string of the molecule is CCNC(=O)[C@@H](C)N(Cc1ccc(Cl)c(Cl)c1)C(=O)CN(c1cccc(Cl)c1)S(=O)(=O)c1ccc(C)cc1. The number of amides is 2. The number of sulfonamides is 1. The lowest BCUT2D eigenvalue weighted by molar-refractivity contribution is -0.139. The number of carbonyl (C=O) groups excluding carboxylic acids is 2. The van der Waals surface area contributed by atoms with Crippen molar-refractivity contribution >= 4 is 62.3 Å². The van der Waals surface area contributed by atoms with E-state index in [1.165, 1.54) is 23.1 Å². The largest absolute Gasteiger partial charge is 0.355 e. The molecule has 0 unspecified atom stereocenters. The van der Waals surface area contributed by atoms with E-state index in [2.05, 4.69) is 5.32 Å². The summed E-state index contributed by atoms with van der Waals surface area (Å²) in [5, 5.41) is 3.66. The number of hydrogen-bond donors (Lipinski definition) is 1. The molecule has 0 aliphatic rings. The Morgan fingerprint density at radius 2 is 1.63 bits per heavy atom. The smallest absolute Gasteiger partial charge is 0.264 e. The van der Waals surface area contributed by atoms with Gasteiger partial charge in [0.1, 0.15) is 12.6 Å². The normalized spacial score (nSPS) is 12.1. The summed E-state index contributed by atoms with van der Waals surface area (Å²) < 4.78 is 28.5. The van der Waals surface area contributed by atoms with Crippen LogP contribution in [0.15, 0.2) is 71.6 Å². The first-order valence-electron chi connectivity index (χ1n) is 11.8. The first-order valence-corrected chi connectivity index (χ1v) is 14.4. The molecule has 0 aliphatic heterocycles. The molecule has 11 heteroatoms. The van der Waals surface area contributed by atoms with E-state index >= 15 is 0 Å². The molecule has 202 valence electrons. The van der Waals surface area contributed by atoms with Crippen molar-refractivity contribution in [2.24, 2.45) is 0 Å². The summed E-state index contributed by atoms with van der Waals surface area (Å²) in [6.07, 6.45) is 0. The van der Waals surface area contributed by atoms with Crippen molar-refractivity contribution in [3.05, 3.63) is 92.9 Å². The van der Waals surface area contributed by atoms with E-state index in [-0.39, 0.29) is 23.0 Å². The molecule has 0 bridgehead atoms. The Morgan fingerprint density at radius 1 is 0.947 bits per heavy atom. The maximum Gasteiger partial charge on any atom is 0.264 e. The second-order valence-corrected chi connectivity index (χ2v) is 11.8. The van der Waals surface area contributed by atoms with Gasteiger partial charge < -0.3 is 10.2 Å². The van der Waals surface area contributed by atoms with Crippen molar-refractivity contribution in [2.75, 3.05) is 17.4 Å². The highest BCUT2D eigenvalue weighted by atomic mass is 35.5. The molecule has 0 aliphatic carbocycles. The Morgan fingerprint density at radius 3 is 2.24 bits per heavy atom. The molecule has 1 atom stereocenters. The van der Waals surface area contributed by atoms with Crippen LogP contribution in [0.1, 0.15) is 25.0 Å². The topological polar surface area (TPSA) is 86.8 Å². The predicted molar refractivity (Wildman–Crippen MR) is 152 cm³/mol. The minimum absolute atomic E-state index is 0.00197.